The molecule has 0 radical (unpaired) electrons. The van der Waals surface area contributed by atoms with Crippen LogP contribution >= 0.6 is 0 Å². The lowest BCUT2D eigenvalue weighted by atomic mass is 10.2. The maximum Gasteiger partial charge on any atom is 0.181 e. The fraction of sp³-hybridized carbons (Fsp3) is 0.455. The minimum absolute atomic E-state index is 0.645. The topological polar surface area (TPSA) is 65.1 Å². The van der Waals surface area contributed by atoms with Crippen LogP contribution in [0.15, 0.2) is 23.1 Å². The molecule has 0 saturated carbocycles. The van der Waals surface area contributed by atoms with E-state index in [0.29, 0.717) is 13.2 Å². The molecule has 0 aliphatic rings. The highest BCUT2D eigenvalue weighted by molar-refractivity contribution is 5.53. The number of hydrogen-bond donors (Lipinski definition) is 1. The predicted molar refractivity (Wildman–Crippen MR) is 62.3 cm³/mol. The Kier molecular flexibility index (Phi) is 3.89. The van der Waals surface area contributed by atoms with E-state index in [9.17, 15) is 0 Å². The standard InChI is InChI=1S/C11H16N4O2/c1-15-5-3-9(14-15)11-10(13-8-17-11)7-12-4-6-16-2/h3,5,8,12H,4,6-7H2,1-2H3. The summed E-state index contributed by atoms with van der Waals surface area (Å²) in [5, 5.41) is 7.51. The Labute approximate surface area is 99.6 Å². The van der Waals surface area contributed by atoms with Crippen molar-refractivity contribution in [2.75, 3.05) is 20.3 Å². The van der Waals surface area contributed by atoms with Crippen LogP contribution in [0.3, 0.4) is 0 Å². The summed E-state index contributed by atoms with van der Waals surface area (Å²) in [6.45, 7) is 2.10. The van der Waals surface area contributed by atoms with Crippen molar-refractivity contribution in [3.8, 4) is 11.5 Å². The smallest absolute Gasteiger partial charge is 0.181 e. The van der Waals surface area contributed by atoms with E-state index in [1.54, 1.807) is 11.8 Å². The molecule has 2 aromatic heterocycles. The molecule has 0 atom stereocenters. The number of methoxy groups -OCH3 is 1. The number of hydrogen-bond acceptors (Lipinski definition) is 5. The van der Waals surface area contributed by atoms with Crippen LogP contribution in [0.1, 0.15) is 5.69 Å². The third-order valence-electron chi connectivity index (χ3n) is 2.36. The number of oxazole rings is 1. The normalized spacial score (nSPS) is 10.9. The molecular weight excluding hydrogens is 220 g/mol. The molecule has 0 aliphatic heterocycles. The van der Waals surface area contributed by atoms with Crippen LogP contribution in [-0.2, 0) is 18.3 Å². The second-order valence-corrected chi connectivity index (χ2v) is 3.67. The van der Waals surface area contributed by atoms with Gasteiger partial charge in [0.2, 0.25) is 0 Å². The molecule has 6 heteroatoms. The Bertz CT molecular complexity index is 463. The van der Waals surface area contributed by atoms with Gasteiger partial charge in [0.1, 0.15) is 11.4 Å². The van der Waals surface area contributed by atoms with E-state index in [2.05, 4.69) is 15.4 Å². The average Bonchev–Trinajstić information content (AvgIpc) is 2.93. The van der Waals surface area contributed by atoms with Crippen molar-refractivity contribution >= 4 is 0 Å². The monoisotopic (exact) mass is 236 g/mol. The van der Waals surface area contributed by atoms with Crippen LogP contribution in [0.25, 0.3) is 11.5 Å². The van der Waals surface area contributed by atoms with Crippen molar-refractivity contribution in [3.05, 3.63) is 24.4 Å². The van der Waals surface area contributed by atoms with Gasteiger partial charge in [-0.2, -0.15) is 5.10 Å². The lowest BCUT2D eigenvalue weighted by molar-refractivity contribution is 0.199. The molecule has 0 bridgehead atoms. The van der Waals surface area contributed by atoms with E-state index in [-0.39, 0.29) is 0 Å². The summed E-state index contributed by atoms with van der Waals surface area (Å²) in [6, 6.07) is 1.90. The molecule has 0 amide bonds. The van der Waals surface area contributed by atoms with Gasteiger partial charge in [-0.1, -0.05) is 0 Å². The van der Waals surface area contributed by atoms with Gasteiger partial charge in [-0.25, -0.2) is 4.98 Å². The number of rotatable bonds is 6. The SMILES string of the molecule is COCCNCc1ncoc1-c1ccn(C)n1. The molecule has 1 N–H and O–H groups in total. The van der Waals surface area contributed by atoms with Crippen molar-refractivity contribution in [2.24, 2.45) is 7.05 Å². The predicted octanol–water partition coefficient (Wildman–Crippen LogP) is 0.811. The Hall–Kier alpha value is -1.66. The summed E-state index contributed by atoms with van der Waals surface area (Å²) < 4.78 is 12.1. The largest absolute Gasteiger partial charge is 0.441 e. The summed E-state index contributed by atoms with van der Waals surface area (Å²) in [7, 11) is 3.55. The molecule has 0 fully saturated rings. The lowest BCUT2D eigenvalue weighted by Crippen LogP contribution is -2.19. The first kappa shape index (κ1) is 11.8. The first-order valence-corrected chi connectivity index (χ1v) is 5.43. The first-order chi connectivity index (χ1) is 8.31. The van der Waals surface area contributed by atoms with Gasteiger partial charge in [-0.3, -0.25) is 4.68 Å². The van der Waals surface area contributed by atoms with E-state index in [1.165, 1.54) is 6.39 Å². The summed E-state index contributed by atoms with van der Waals surface area (Å²) in [5.41, 5.74) is 1.66. The Morgan fingerprint density at radius 1 is 1.53 bits per heavy atom. The zero-order valence-electron chi connectivity index (χ0n) is 10.0. The quantitative estimate of drug-likeness (QED) is 0.752. The molecule has 2 rings (SSSR count). The zero-order chi connectivity index (χ0) is 12.1. The van der Waals surface area contributed by atoms with E-state index in [1.807, 2.05) is 19.3 Å². The van der Waals surface area contributed by atoms with Crippen molar-refractivity contribution in [1.29, 1.82) is 0 Å². The number of aryl methyl sites for hydroxylation is 1. The minimum atomic E-state index is 0.645. The van der Waals surface area contributed by atoms with Crippen molar-refractivity contribution < 1.29 is 9.15 Å². The zero-order valence-corrected chi connectivity index (χ0v) is 10.0. The van der Waals surface area contributed by atoms with Gasteiger partial charge in [0.25, 0.3) is 0 Å². The van der Waals surface area contributed by atoms with Gasteiger partial charge in [0.15, 0.2) is 12.2 Å². The fourth-order valence-corrected chi connectivity index (χ4v) is 1.52. The van der Waals surface area contributed by atoms with Crippen LogP contribution in [0, 0.1) is 0 Å². The van der Waals surface area contributed by atoms with Crippen LogP contribution in [0.2, 0.25) is 0 Å². The number of ether oxygens (including phenoxy) is 1. The van der Waals surface area contributed by atoms with Gasteiger partial charge in [0, 0.05) is 33.4 Å². The third-order valence-corrected chi connectivity index (χ3v) is 2.36. The summed E-state index contributed by atoms with van der Waals surface area (Å²) >= 11 is 0. The highest BCUT2D eigenvalue weighted by atomic mass is 16.5. The molecule has 0 aromatic carbocycles. The third kappa shape index (κ3) is 2.92. The summed E-state index contributed by atoms with van der Waals surface area (Å²) in [4.78, 5) is 4.18. The first-order valence-electron chi connectivity index (χ1n) is 5.43. The van der Waals surface area contributed by atoms with Crippen molar-refractivity contribution in [1.82, 2.24) is 20.1 Å². The van der Waals surface area contributed by atoms with Gasteiger partial charge in [-0.15, -0.1) is 0 Å². The highest BCUT2D eigenvalue weighted by Crippen LogP contribution is 2.20. The molecule has 92 valence electrons. The van der Waals surface area contributed by atoms with Crippen LogP contribution in [0.5, 0.6) is 0 Å². The van der Waals surface area contributed by atoms with Gasteiger partial charge >= 0.3 is 0 Å². The molecule has 17 heavy (non-hydrogen) atoms. The van der Waals surface area contributed by atoms with Crippen molar-refractivity contribution in [3.63, 3.8) is 0 Å². The molecule has 2 aromatic rings. The van der Waals surface area contributed by atoms with Gasteiger partial charge in [-0.05, 0) is 6.07 Å². The molecule has 0 aliphatic carbocycles. The van der Waals surface area contributed by atoms with Gasteiger partial charge in [0.05, 0.1) is 6.61 Å². The van der Waals surface area contributed by atoms with Crippen LogP contribution < -0.4 is 5.32 Å². The lowest BCUT2D eigenvalue weighted by Gasteiger charge is -2.02. The van der Waals surface area contributed by atoms with E-state index < -0.39 is 0 Å². The molecule has 0 unspecified atom stereocenters. The molecular formula is C11H16N4O2. The highest BCUT2D eigenvalue weighted by Gasteiger charge is 2.12. The van der Waals surface area contributed by atoms with Gasteiger partial charge < -0.3 is 14.5 Å². The molecule has 0 saturated heterocycles. The number of aromatic nitrogens is 3. The molecule has 6 nitrogen and oxygen atoms in total. The van der Waals surface area contributed by atoms with E-state index in [4.69, 9.17) is 9.15 Å². The fourth-order valence-electron chi connectivity index (χ4n) is 1.52. The average molecular weight is 236 g/mol. The minimum Gasteiger partial charge on any atom is -0.441 e. The van der Waals surface area contributed by atoms with Crippen LogP contribution in [-0.4, -0.2) is 35.0 Å². The summed E-state index contributed by atoms with van der Waals surface area (Å²) in [6.07, 6.45) is 3.32. The van der Waals surface area contributed by atoms with Crippen LogP contribution in [0.4, 0.5) is 0 Å². The Morgan fingerprint density at radius 3 is 3.12 bits per heavy atom. The Morgan fingerprint density at radius 2 is 2.41 bits per heavy atom. The van der Waals surface area contributed by atoms with E-state index in [0.717, 1.165) is 23.7 Å². The second kappa shape index (κ2) is 5.60. The maximum absolute atomic E-state index is 5.36. The number of nitrogens with zero attached hydrogens (tertiary/aromatic N) is 3. The number of nitrogens with one attached hydrogen (secondary N) is 1. The second-order valence-electron chi connectivity index (χ2n) is 3.67. The molecule has 2 heterocycles. The summed E-state index contributed by atoms with van der Waals surface area (Å²) in [5.74, 6) is 0.718. The van der Waals surface area contributed by atoms with Crippen molar-refractivity contribution in [2.45, 2.75) is 6.54 Å². The Balaban J connectivity index is 2.02. The molecule has 0 spiro atoms. The van der Waals surface area contributed by atoms with E-state index >= 15 is 0 Å². The maximum atomic E-state index is 5.36.